The quantitative estimate of drug-likeness (QED) is 0.632. The lowest BCUT2D eigenvalue weighted by Gasteiger charge is -2.24. The zero-order valence-corrected chi connectivity index (χ0v) is 17.1. The van der Waals surface area contributed by atoms with Crippen LogP contribution >= 0.6 is 11.6 Å². The van der Waals surface area contributed by atoms with Crippen molar-refractivity contribution < 1.29 is 9.53 Å². The number of hydrogen-bond acceptors (Lipinski definition) is 4. The molecule has 7 heteroatoms. The highest BCUT2D eigenvalue weighted by atomic mass is 35.5. The average molecular weight is 413 g/mol. The summed E-state index contributed by atoms with van der Waals surface area (Å²) in [7, 11) is 0. The molecule has 0 unspecified atom stereocenters. The van der Waals surface area contributed by atoms with E-state index in [0.29, 0.717) is 23.9 Å². The number of ether oxygens (including phenoxy) is 1. The Kier molecular flexibility index (Phi) is 6.30. The van der Waals surface area contributed by atoms with Crippen molar-refractivity contribution in [3.63, 3.8) is 0 Å². The van der Waals surface area contributed by atoms with Gasteiger partial charge in [0.05, 0.1) is 0 Å². The summed E-state index contributed by atoms with van der Waals surface area (Å²) in [4.78, 5) is 12.3. The zero-order chi connectivity index (χ0) is 20.1. The number of nitrogens with one attached hydrogen (secondary N) is 1. The fourth-order valence-electron chi connectivity index (χ4n) is 3.95. The summed E-state index contributed by atoms with van der Waals surface area (Å²) in [5, 5.41) is 11.9. The third kappa shape index (κ3) is 4.88. The van der Waals surface area contributed by atoms with Gasteiger partial charge >= 0.3 is 0 Å². The molecule has 29 heavy (non-hydrogen) atoms. The number of carbonyl (C=O) groups excluding carboxylic acids is 1. The SMILES string of the molecule is O=C(COc1ccc(Cl)cc1C1CCCCC1)NCCc1nnc2ccccn12. The molecule has 6 nitrogen and oxygen atoms in total. The summed E-state index contributed by atoms with van der Waals surface area (Å²) in [6, 6.07) is 11.4. The highest BCUT2D eigenvalue weighted by Gasteiger charge is 2.20. The lowest BCUT2D eigenvalue weighted by atomic mass is 9.84. The Morgan fingerprint density at radius 3 is 2.90 bits per heavy atom. The van der Waals surface area contributed by atoms with E-state index in [0.717, 1.165) is 35.6 Å². The van der Waals surface area contributed by atoms with E-state index in [4.69, 9.17) is 16.3 Å². The molecule has 3 aromatic rings. The van der Waals surface area contributed by atoms with Crippen LogP contribution in [0, 0.1) is 0 Å². The molecular formula is C22H25ClN4O2. The highest BCUT2D eigenvalue weighted by Crippen LogP contribution is 2.38. The standard InChI is InChI=1S/C22H25ClN4O2/c23-17-9-10-19(18(14-17)16-6-2-1-3-7-16)29-15-22(28)24-12-11-21-26-25-20-8-4-5-13-27(20)21/h4-5,8-10,13-14,16H,1-3,6-7,11-12,15H2,(H,24,28). The fourth-order valence-corrected chi connectivity index (χ4v) is 4.13. The number of amides is 1. The molecule has 1 aromatic carbocycles. The van der Waals surface area contributed by atoms with Gasteiger partial charge < -0.3 is 10.1 Å². The van der Waals surface area contributed by atoms with Crippen molar-refractivity contribution in [1.82, 2.24) is 19.9 Å². The van der Waals surface area contributed by atoms with Gasteiger partial charge in [0.1, 0.15) is 11.6 Å². The van der Waals surface area contributed by atoms with Crippen LogP contribution in [0.3, 0.4) is 0 Å². The van der Waals surface area contributed by atoms with Crippen molar-refractivity contribution in [1.29, 1.82) is 0 Å². The van der Waals surface area contributed by atoms with E-state index in [9.17, 15) is 4.79 Å². The number of aromatic nitrogens is 3. The molecule has 2 heterocycles. The van der Waals surface area contributed by atoms with E-state index in [-0.39, 0.29) is 12.5 Å². The van der Waals surface area contributed by atoms with Crippen LogP contribution in [0.4, 0.5) is 0 Å². The molecule has 4 rings (SSSR count). The van der Waals surface area contributed by atoms with Gasteiger partial charge in [0.15, 0.2) is 12.3 Å². The predicted octanol–water partition coefficient (Wildman–Crippen LogP) is 4.17. The number of rotatable bonds is 7. The first-order valence-corrected chi connectivity index (χ1v) is 10.6. The fraction of sp³-hybridized carbons (Fsp3) is 0.409. The summed E-state index contributed by atoms with van der Waals surface area (Å²) in [5.41, 5.74) is 1.93. The molecule has 1 aliphatic carbocycles. The first kappa shape index (κ1) is 19.7. The van der Waals surface area contributed by atoms with Crippen molar-refractivity contribution in [2.75, 3.05) is 13.2 Å². The summed E-state index contributed by atoms with van der Waals surface area (Å²) in [6.07, 6.45) is 8.57. The zero-order valence-electron chi connectivity index (χ0n) is 16.3. The summed E-state index contributed by atoms with van der Waals surface area (Å²) in [5.74, 6) is 1.89. The maximum absolute atomic E-state index is 12.3. The number of fused-ring (bicyclic) bond motifs is 1. The third-order valence-electron chi connectivity index (χ3n) is 5.43. The smallest absolute Gasteiger partial charge is 0.257 e. The number of nitrogens with zero attached hydrogens (tertiary/aromatic N) is 3. The van der Waals surface area contributed by atoms with Gasteiger partial charge in [-0.1, -0.05) is 36.9 Å². The number of halogens is 1. The van der Waals surface area contributed by atoms with Gasteiger partial charge in [-0.3, -0.25) is 9.20 Å². The molecule has 1 amide bonds. The van der Waals surface area contributed by atoms with Crippen LogP contribution in [0.2, 0.25) is 5.02 Å². The van der Waals surface area contributed by atoms with Crippen LogP contribution in [0.5, 0.6) is 5.75 Å². The lowest BCUT2D eigenvalue weighted by Crippen LogP contribution is -2.31. The first-order valence-electron chi connectivity index (χ1n) is 10.2. The Hall–Kier alpha value is -2.60. The predicted molar refractivity (Wildman–Crippen MR) is 112 cm³/mol. The Balaban J connectivity index is 1.30. The Bertz CT molecular complexity index is 982. The molecule has 152 valence electrons. The van der Waals surface area contributed by atoms with Gasteiger partial charge in [-0.25, -0.2) is 0 Å². The van der Waals surface area contributed by atoms with E-state index < -0.39 is 0 Å². The maximum Gasteiger partial charge on any atom is 0.257 e. The molecule has 1 aliphatic rings. The molecule has 1 fully saturated rings. The van der Waals surface area contributed by atoms with E-state index in [2.05, 4.69) is 15.5 Å². The van der Waals surface area contributed by atoms with Crippen molar-refractivity contribution in [2.45, 2.75) is 44.4 Å². The Labute approximate surface area is 175 Å². The minimum atomic E-state index is -0.150. The van der Waals surface area contributed by atoms with Crippen molar-refractivity contribution in [2.24, 2.45) is 0 Å². The number of pyridine rings is 1. The lowest BCUT2D eigenvalue weighted by molar-refractivity contribution is -0.123. The van der Waals surface area contributed by atoms with Crippen LogP contribution in [-0.4, -0.2) is 33.7 Å². The Morgan fingerprint density at radius 1 is 1.17 bits per heavy atom. The number of benzene rings is 1. The molecule has 0 saturated heterocycles. The van der Waals surface area contributed by atoms with Gasteiger partial charge in [0.2, 0.25) is 0 Å². The Morgan fingerprint density at radius 2 is 2.03 bits per heavy atom. The molecule has 0 aliphatic heterocycles. The largest absolute Gasteiger partial charge is 0.483 e. The molecule has 2 aromatic heterocycles. The van der Waals surface area contributed by atoms with Crippen LogP contribution in [0.25, 0.3) is 5.65 Å². The second-order valence-electron chi connectivity index (χ2n) is 7.45. The summed E-state index contributed by atoms with van der Waals surface area (Å²) in [6.45, 7) is 0.468. The van der Waals surface area contributed by atoms with Crippen LogP contribution < -0.4 is 10.1 Å². The van der Waals surface area contributed by atoms with Crippen molar-refractivity contribution >= 4 is 23.2 Å². The maximum atomic E-state index is 12.3. The molecule has 0 atom stereocenters. The average Bonchev–Trinajstić information content (AvgIpc) is 3.17. The number of carbonyl (C=O) groups is 1. The van der Waals surface area contributed by atoms with Crippen LogP contribution in [0.1, 0.15) is 49.4 Å². The van der Waals surface area contributed by atoms with Crippen LogP contribution in [-0.2, 0) is 11.2 Å². The molecule has 0 spiro atoms. The molecule has 0 radical (unpaired) electrons. The second-order valence-corrected chi connectivity index (χ2v) is 7.89. The monoisotopic (exact) mass is 412 g/mol. The first-order chi connectivity index (χ1) is 14.2. The van der Waals surface area contributed by atoms with E-state index >= 15 is 0 Å². The van der Waals surface area contributed by atoms with Crippen molar-refractivity contribution in [3.8, 4) is 5.75 Å². The van der Waals surface area contributed by atoms with Gasteiger partial charge in [-0.2, -0.15) is 0 Å². The van der Waals surface area contributed by atoms with Gasteiger partial charge in [-0.05, 0) is 54.7 Å². The van der Waals surface area contributed by atoms with E-state index in [1.807, 2.05) is 47.0 Å². The topological polar surface area (TPSA) is 68.5 Å². The van der Waals surface area contributed by atoms with Gasteiger partial charge in [0.25, 0.3) is 5.91 Å². The van der Waals surface area contributed by atoms with Gasteiger partial charge in [-0.15, -0.1) is 10.2 Å². The normalized spacial score (nSPS) is 14.8. The molecular weight excluding hydrogens is 388 g/mol. The second kappa shape index (κ2) is 9.27. The minimum Gasteiger partial charge on any atom is -0.483 e. The van der Waals surface area contributed by atoms with Crippen molar-refractivity contribution in [3.05, 3.63) is 59.0 Å². The van der Waals surface area contributed by atoms with Gasteiger partial charge in [0, 0.05) is 24.2 Å². The molecule has 1 N–H and O–H groups in total. The molecule has 0 bridgehead atoms. The van der Waals surface area contributed by atoms with E-state index in [1.54, 1.807) is 0 Å². The molecule has 1 saturated carbocycles. The number of hydrogen-bond donors (Lipinski definition) is 1. The van der Waals surface area contributed by atoms with Crippen LogP contribution in [0.15, 0.2) is 42.6 Å². The highest BCUT2D eigenvalue weighted by molar-refractivity contribution is 6.30. The third-order valence-corrected chi connectivity index (χ3v) is 5.67. The summed E-state index contributed by atoms with van der Waals surface area (Å²) >= 11 is 6.21. The minimum absolute atomic E-state index is 0.0120. The summed E-state index contributed by atoms with van der Waals surface area (Å²) < 4.78 is 7.78. The van der Waals surface area contributed by atoms with E-state index in [1.165, 1.54) is 19.3 Å².